The fraction of sp³-hybridized carbons (Fsp3) is 0.600. The molecule has 21 heavy (non-hydrogen) atoms. The highest BCUT2D eigenvalue weighted by atomic mass is 32.2. The predicted molar refractivity (Wildman–Crippen MR) is 84.7 cm³/mol. The predicted octanol–water partition coefficient (Wildman–Crippen LogP) is 2.13. The van der Waals surface area contributed by atoms with Gasteiger partial charge in [0.2, 0.25) is 10.0 Å². The molecule has 0 saturated heterocycles. The van der Waals surface area contributed by atoms with Crippen molar-refractivity contribution < 1.29 is 8.42 Å². The Kier molecular flexibility index (Phi) is 4.91. The highest BCUT2D eigenvalue weighted by Gasteiger charge is 2.38. The Hall–Kier alpha value is -1.11. The van der Waals surface area contributed by atoms with Gasteiger partial charge in [0.25, 0.3) is 0 Å². The van der Waals surface area contributed by atoms with E-state index < -0.39 is 10.0 Å². The van der Waals surface area contributed by atoms with Gasteiger partial charge in [0.1, 0.15) is 4.90 Å². The molecular formula is C15H25N3O2S. The largest absolute Gasteiger partial charge is 0.346 e. The smallest absolute Gasteiger partial charge is 0.245 e. The van der Waals surface area contributed by atoms with Crippen LogP contribution in [0, 0.1) is 0 Å². The summed E-state index contributed by atoms with van der Waals surface area (Å²) in [5.41, 5.74) is 0.987. The summed E-state index contributed by atoms with van der Waals surface area (Å²) in [4.78, 5) is 0.384. The molecule has 1 N–H and O–H groups in total. The van der Waals surface area contributed by atoms with Crippen LogP contribution in [-0.2, 0) is 16.6 Å². The van der Waals surface area contributed by atoms with Crippen molar-refractivity contribution in [3.8, 4) is 0 Å². The Morgan fingerprint density at radius 3 is 2.67 bits per heavy atom. The average molecular weight is 311 g/mol. The molecule has 0 unspecified atom stereocenters. The molecule has 0 spiro atoms. The summed E-state index contributed by atoms with van der Waals surface area (Å²) in [5.74, 6) is 0. The molecule has 0 aromatic carbocycles. The molecule has 2 rings (SSSR count). The SMILES string of the molecule is C=CCN(C1CC1)S(=O)(=O)c1cc(CNC)n(C(C)C)c1. The summed E-state index contributed by atoms with van der Waals surface area (Å²) in [7, 11) is -1.58. The molecule has 0 bridgehead atoms. The van der Waals surface area contributed by atoms with Crippen molar-refractivity contribution in [1.29, 1.82) is 0 Å². The summed E-state index contributed by atoms with van der Waals surface area (Å²) in [6, 6.07) is 2.15. The third-order valence-corrected chi connectivity index (χ3v) is 5.57. The highest BCUT2D eigenvalue weighted by molar-refractivity contribution is 7.89. The van der Waals surface area contributed by atoms with Gasteiger partial charge in [-0.3, -0.25) is 0 Å². The van der Waals surface area contributed by atoms with E-state index in [0.717, 1.165) is 18.5 Å². The summed E-state index contributed by atoms with van der Waals surface area (Å²) >= 11 is 0. The maximum Gasteiger partial charge on any atom is 0.245 e. The fourth-order valence-corrected chi connectivity index (χ4v) is 4.22. The van der Waals surface area contributed by atoms with E-state index in [4.69, 9.17) is 0 Å². The van der Waals surface area contributed by atoms with Crippen LogP contribution in [0.25, 0.3) is 0 Å². The maximum atomic E-state index is 12.8. The Morgan fingerprint density at radius 1 is 1.52 bits per heavy atom. The minimum absolute atomic E-state index is 0.142. The van der Waals surface area contributed by atoms with Crippen LogP contribution < -0.4 is 5.32 Å². The minimum atomic E-state index is -3.44. The Balaban J connectivity index is 2.39. The first-order valence-corrected chi connectivity index (χ1v) is 8.84. The lowest BCUT2D eigenvalue weighted by Crippen LogP contribution is -2.33. The number of sulfonamides is 1. The summed E-state index contributed by atoms with van der Waals surface area (Å²) in [5, 5.41) is 3.09. The molecule has 0 atom stereocenters. The van der Waals surface area contributed by atoms with Crippen molar-refractivity contribution in [3.63, 3.8) is 0 Å². The normalized spacial score (nSPS) is 15.9. The van der Waals surface area contributed by atoms with Crippen LogP contribution in [0.3, 0.4) is 0 Å². The number of nitrogens with zero attached hydrogens (tertiary/aromatic N) is 2. The Bertz CT molecular complexity index is 600. The van der Waals surface area contributed by atoms with Crippen LogP contribution in [0.15, 0.2) is 29.8 Å². The van der Waals surface area contributed by atoms with E-state index in [1.54, 1.807) is 22.6 Å². The summed E-state index contributed by atoms with van der Waals surface area (Å²) in [6.07, 6.45) is 5.30. The monoisotopic (exact) mass is 311 g/mol. The lowest BCUT2D eigenvalue weighted by molar-refractivity contribution is 0.435. The molecule has 5 nitrogen and oxygen atoms in total. The first-order valence-electron chi connectivity index (χ1n) is 7.40. The van der Waals surface area contributed by atoms with Gasteiger partial charge >= 0.3 is 0 Å². The van der Waals surface area contributed by atoms with Gasteiger partial charge in [0.05, 0.1) is 0 Å². The molecule has 1 aromatic rings. The van der Waals surface area contributed by atoms with E-state index in [-0.39, 0.29) is 12.1 Å². The van der Waals surface area contributed by atoms with Gasteiger partial charge in [-0.1, -0.05) is 6.08 Å². The average Bonchev–Trinajstić information content (AvgIpc) is 3.15. The van der Waals surface area contributed by atoms with Crippen LogP contribution in [-0.4, -0.2) is 36.9 Å². The number of hydrogen-bond donors (Lipinski definition) is 1. The van der Waals surface area contributed by atoms with Crippen molar-refractivity contribution in [3.05, 3.63) is 30.6 Å². The van der Waals surface area contributed by atoms with Gasteiger partial charge in [-0.25, -0.2) is 8.42 Å². The van der Waals surface area contributed by atoms with Crippen molar-refractivity contribution in [2.24, 2.45) is 0 Å². The van der Waals surface area contributed by atoms with E-state index in [2.05, 4.69) is 25.7 Å². The molecule has 6 heteroatoms. The van der Waals surface area contributed by atoms with Crippen molar-refractivity contribution in [2.45, 2.75) is 50.2 Å². The van der Waals surface area contributed by atoms with Gasteiger partial charge in [-0.05, 0) is 39.8 Å². The van der Waals surface area contributed by atoms with Gasteiger partial charge in [0, 0.05) is 37.1 Å². The van der Waals surface area contributed by atoms with E-state index in [0.29, 0.717) is 18.0 Å². The second-order valence-corrected chi connectivity index (χ2v) is 7.68. The lowest BCUT2D eigenvalue weighted by atomic mass is 10.3. The molecular weight excluding hydrogens is 286 g/mol. The molecule has 1 heterocycles. The van der Waals surface area contributed by atoms with E-state index >= 15 is 0 Å². The fourth-order valence-electron chi connectivity index (χ4n) is 2.51. The lowest BCUT2D eigenvalue weighted by Gasteiger charge is -2.19. The Labute approximate surface area is 127 Å². The molecule has 1 aromatic heterocycles. The van der Waals surface area contributed by atoms with Crippen LogP contribution in [0.4, 0.5) is 0 Å². The number of aromatic nitrogens is 1. The Morgan fingerprint density at radius 2 is 2.19 bits per heavy atom. The summed E-state index contributed by atoms with van der Waals surface area (Å²) < 4.78 is 29.3. The van der Waals surface area contributed by atoms with E-state index in [1.165, 1.54) is 0 Å². The third-order valence-electron chi connectivity index (χ3n) is 3.69. The maximum absolute atomic E-state index is 12.8. The zero-order valence-electron chi connectivity index (χ0n) is 13.0. The first kappa shape index (κ1) is 16.3. The molecule has 1 aliphatic carbocycles. The number of hydrogen-bond acceptors (Lipinski definition) is 3. The first-order chi connectivity index (χ1) is 9.91. The van der Waals surface area contributed by atoms with Crippen LogP contribution in [0.5, 0.6) is 0 Å². The van der Waals surface area contributed by atoms with Crippen molar-refractivity contribution in [1.82, 2.24) is 14.2 Å². The zero-order valence-corrected chi connectivity index (χ0v) is 13.9. The van der Waals surface area contributed by atoms with Crippen LogP contribution in [0.1, 0.15) is 38.4 Å². The number of nitrogens with one attached hydrogen (secondary N) is 1. The minimum Gasteiger partial charge on any atom is -0.346 e. The van der Waals surface area contributed by atoms with E-state index in [9.17, 15) is 8.42 Å². The standard InChI is InChI=1S/C15H25N3O2S/c1-5-8-18(13-6-7-13)21(19,20)15-9-14(10-16-4)17(11-15)12(2)3/h5,9,11-13,16H,1,6-8,10H2,2-4H3. The molecule has 0 amide bonds. The molecule has 1 aliphatic rings. The third kappa shape index (κ3) is 3.39. The molecule has 1 saturated carbocycles. The quantitative estimate of drug-likeness (QED) is 0.748. The number of rotatable bonds is 8. The van der Waals surface area contributed by atoms with Gasteiger partial charge in [0.15, 0.2) is 0 Å². The summed E-state index contributed by atoms with van der Waals surface area (Å²) in [6.45, 7) is 8.81. The topological polar surface area (TPSA) is 54.3 Å². The van der Waals surface area contributed by atoms with Gasteiger partial charge in [-0.2, -0.15) is 4.31 Å². The molecule has 0 radical (unpaired) electrons. The van der Waals surface area contributed by atoms with Crippen LogP contribution in [0.2, 0.25) is 0 Å². The molecule has 118 valence electrons. The molecule has 1 fully saturated rings. The molecule has 0 aliphatic heterocycles. The highest BCUT2D eigenvalue weighted by Crippen LogP contribution is 2.32. The zero-order chi connectivity index (χ0) is 15.6. The van der Waals surface area contributed by atoms with Crippen molar-refractivity contribution in [2.75, 3.05) is 13.6 Å². The second kappa shape index (κ2) is 6.34. The van der Waals surface area contributed by atoms with Gasteiger partial charge in [-0.15, -0.1) is 6.58 Å². The second-order valence-electron chi connectivity index (χ2n) is 5.79. The van der Waals surface area contributed by atoms with Crippen molar-refractivity contribution >= 4 is 10.0 Å². The van der Waals surface area contributed by atoms with Gasteiger partial charge < -0.3 is 9.88 Å². The van der Waals surface area contributed by atoms with Crippen LogP contribution >= 0.6 is 0 Å². The van der Waals surface area contributed by atoms with E-state index in [1.807, 2.05) is 11.6 Å².